The minimum absolute atomic E-state index is 0.115. The third-order valence-electron chi connectivity index (χ3n) is 6.33. The van der Waals surface area contributed by atoms with Crippen molar-refractivity contribution >= 4 is 12.0 Å². The first kappa shape index (κ1) is 28.7. The highest BCUT2D eigenvalue weighted by atomic mass is 16.6. The molecule has 0 heterocycles. The summed E-state index contributed by atoms with van der Waals surface area (Å²) in [4.78, 5) is 25.6. The number of carbonyl (C=O) groups is 2. The molecule has 0 saturated heterocycles. The molecule has 1 rings (SSSR count). The van der Waals surface area contributed by atoms with Crippen molar-refractivity contribution in [2.75, 3.05) is 0 Å². The quantitative estimate of drug-likeness (QED) is 0.374. The Labute approximate surface area is 195 Å². The summed E-state index contributed by atoms with van der Waals surface area (Å²) in [5, 5.41) is 27.2. The van der Waals surface area contributed by atoms with E-state index in [0.717, 1.165) is 25.7 Å². The highest BCUT2D eigenvalue weighted by molar-refractivity contribution is 5.86. The predicted octanol–water partition coefficient (Wildman–Crippen LogP) is 4.15. The Balaban J connectivity index is 2.97. The Morgan fingerprint density at radius 2 is 1.62 bits per heavy atom. The summed E-state index contributed by atoms with van der Waals surface area (Å²) in [6.07, 6.45) is 4.87. The van der Waals surface area contributed by atoms with Crippen LogP contribution in [0, 0.1) is 17.8 Å². The van der Waals surface area contributed by atoms with Crippen LogP contribution in [0.25, 0.3) is 0 Å². The average molecular weight is 457 g/mol. The van der Waals surface area contributed by atoms with E-state index in [1.807, 2.05) is 27.7 Å². The Hall–Kier alpha value is -1.34. The number of aliphatic hydroxyl groups excluding tert-OH is 2. The molecule has 0 bridgehead atoms. The van der Waals surface area contributed by atoms with Crippen LogP contribution in [-0.2, 0) is 9.53 Å². The van der Waals surface area contributed by atoms with Gasteiger partial charge in [-0.3, -0.25) is 4.79 Å². The van der Waals surface area contributed by atoms with E-state index in [0.29, 0.717) is 25.2 Å². The second kappa shape index (κ2) is 13.4. The normalized spacial score (nSPS) is 20.2. The van der Waals surface area contributed by atoms with E-state index in [9.17, 15) is 19.8 Å². The molecule has 7 heteroatoms. The molecule has 1 fully saturated rings. The molecule has 1 aliphatic carbocycles. The van der Waals surface area contributed by atoms with Crippen molar-refractivity contribution in [3.63, 3.8) is 0 Å². The zero-order valence-corrected chi connectivity index (χ0v) is 21.3. The third kappa shape index (κ3) is 10.5. The second-order valence-electron chi connectivity index (χ2n) is 11.1. The Kier molecular flexibility index (Phi) is 12.0. The number of rotatable bonds is 11. The summed E-state index contributed by atoms with van der Waals surface area (Å²) >= 11 is 0. The Morgan fingerprint density at radius 1 is 1.03 bits per heavy atom. The van der Waals surface area contributed by atoms with E-state index in [1.165, 1.54) is 6.42 Å². The van der Waals surface area contributed by atoms with Gasteiger partial charge in [0.2, 0.25) is 5.91 Å². The lowest BCUT2D eigenvalue weighted by Crippen LogP contribution is -2.57. The number of aliphatic hydroxyl groups is 2. The van der Waals surface area contributed by atoms with Crippen molar-refractivity contribution in [2.24, 2.45) is 17.8 Å². The first-order chi connectivity index (χ1) is 14.8. The maximum Gasteiger partial charge on any atom is 0.408 e. The number of nitrogens with one attached hydrogen (secondary N) is 2. The van der Waals surface area contributed by atoms with Crippen LogP contribution in [0.5, 0.6) is 0 Å². The molecule has 7 nitrogen and oxygen atoms in total. The first-order valence-corrected chi connectivity index (χ1v) is 12.5. The van der Waals surface area contributed by atoms with Gasteiger partial charge < -0.3 is 25.6 Å². The summed E-state index contributed by atoms with van der Waals surface area (Å²) in [7, 11) is 0. The van der Waals surface area contributed by atoms with Gasteiger partial charge in [-0.15, -0.1) is 0 Å². The summed E-state index contributed by atoms with van der Waals surface area (Å²) < 4.78 is 5.35. The molecule has 0 unspecified atom stereocenters. The van der Waals surface area contributed by atoms with Gasteiger partial charge >= 0.3 is 6.09 Å². The maximum absolute atomic E-state index is 13.3. The molecule has 32 heavy (non-hydrogen) atoms. The molecule has 0 spiro atoms. The average Bonchev–Trinajstić information content (AvgIpc) is 2.69. The zero-order valence-electron chi connectivity index (χ0n) is 21.3. The van der Waals surface area contributed by atoms with Crippen molar-refractivity contribution in [1.29, 1.82) is 0 Å². The summed E-state index contributed by atoms with van der Waals surface area (Å²) in [6.45, 7) is 13.2. The lowest BCUT2D eigenvalue weighted by atomic mass is 9.82. The molecule has 2 amide bonds. The van der Waals surface area contributed by atoms with Gasteiger partial charge in [-0.05, 0) is 51.4 Å². The van der Waals surface area contributed by atoms with E-state index in [1.54, 1.807) is 20.8 Å². The molecular weight excluding hydrogens is 408 g/mol. The van der Waals surface area contributed by atoms with Gasteiger partial charge in [-0.2, -0.15) is 0 Å². The fourth-order valence-corrected chi connectivity index (χ4v) is 4.37. The van der Waals surface area contributed by atoms with Crippen LogP contribution in [0.2, 0.25) is 0 Å². The minimum Gasteiger partial charge on any atom is -0.444 e. The van der Waals surface area contributed by atoms with E-state index >= 15 is 0 Å². The molecule has 4 N–H and O–H groups in total. The lowest BCUT2D eigenvalue weighted by Gasteiger charge is -2.34. The van der Waals surface area contributed by atoms with Crippen molar-refractivity contribution < 1.29 is 24.5 Å². The van der Waals surface area contributed by atoms with Crippen LogP contribution in [0.4, 0.5) is 4.79 Å². The van der Waals surface area contributed by atoms with Crippen LogP contribution in [-0.4, -0.2) is 52.1 Å². The van der Waals surface area contributed by atoms with E-state index < -0.39 is 36.0 Å². The van der Waals surface area contributed by atoms with Crippen molar-refractivity contribution in [2.45, 2.75) is 130 Å². The standard InChI is InChI=1S/C25H48N2O5/c1-8-17(4)21(27-24(31)32-25(5,6)7)23(30)26-19(15-18-12-10-9-11-13-18)22(29)20(28)14-16(2)3/h16-22,28-29H,8-15H2,1-7H3,(H,26,30)(H,27,31)/t17-,19-,20-,21-,22+/m0/s1. The number of hydrogen-bond acceptors (Lipinski definition) is 5. The van der Waals surface area contributed by atoms with Gasteiger partial charge in [0, 0.05) is 0 Å². The molecule has 0 aromatic carbocycles. The zero-order chi connectivity index (χ0) is 24.5. The second-order valence-corrected chi connectivity index (χ2v) is 11.1. The summed E-state index contributed by atoms with van der Waals surface area (Å²) in [5.41, 5.74) is -0.665. The Bertz CT molecular complexity index is 569. The van der Waals surface area contributed by atoms with Gasteiger partial charge in [-0.1, -0.05) is 66.2 Å². The number of alkyl carbamates (subject to hydrolysis) is 1. The highest BCUT2D eigenvalue weighted by Crippen LogP contribution is 2.29. The number of hydrogen-bond donors (Lipinski definition) is 4. The molecule has 5 atom stereocenters. The van der Waals surface area contributed by atoms with Gasteiger partial charge in [0.1, 0.15) is 17.7 Å². The predicted molar refractivity (Wildman–Crippen MR) is 127 cm³/mol. The van der Waals surface area contributed by atoms with E-state index in [4.69, 9.17) is 4.74 Å². The van der Waals surface area contributed by atoms with Crippen LogP contribution in [0.15, 0.2) is 0 Å². The van der Waals surface area contributed by atoms with Crippen molar-refractivity contribution in [3.8, 4) is 0 Å². The number of ether oxygens (including phenoxy) is 1. The molecule has 0 aromatic rings. The van der Waals surface area contributed by atoms with Gasteiger partial charge in [0.25, 0.3) is 0 Å². The number of carbonyl (C=O) groups excluding carboxylic acids is 2. The van der Waals surface area contributed by atoms with Crippen LogP contribution < -0.4 is 10.6 Å². The number of amides is 2. The van der Waals surface area contributed by atoms with Crippen molar-refractivity contribution in [1.82, 2.24) is 10.6 Å². The molecule has 1 aliphatic rings. The highest BCUT2D eigenvalue weighted by Gasteiger charge is 2.35. The summed E-state index contributed by atoms with van der Waals surface area (Å²) in [6, 6.07) is -1.34. The Morgan fingerprint density at radius 3 is 2.12 bits per heavy atom. The van der Waals surface area contributed by atoms with Gasteiger partial charge in [0.05, 0.1) is 12.1 Å². The topological polar surface area (TPSA) is 108 Å². The molecule has 188 valence electrons. The third-order valence-corrected chi connectivity index (χ3v) is 6.33. The van der Waals surface area contributed by atoms with Crippen LogP contribution in [0.3, 0.4) is 0 Å². The van der Waals surface area contributed by atoms with Crippen LogP contribution >= 0.6 is 0 Å². The monoisotopic (exact) mass is 456 g/mol. The van der Waals surface area contributed by atoms with Gasteiger partial charge in [-0.25, -0.2) is 4.79 Å². The fraction of sp³-hybridized carbons (Fsp3) is 0.920. The maximum atomic E-state index is 13.3. The van der Waals surface area contributed by atoms with E-state index in [2.05, 4.69) is 10.6 Å². The van der Waals surface area contributed by atoms with Crippen molar-refractivity contribution in [3.05, 3.63) is 0 Å². The van der Waals surface area contributed by atoms with Crippen LogP contribution in [0.1, 0.15) is 99.8 Å². The van der Waals surface area contributed by atoms with E-state index in [-0.39, 0.29) is 17.7 Å². The molecule has 1 saturated carbocycles. The van der Waals surface area contributed by atoms with Gasteiger partial charge in [0.15, 0.2) is 0 Å². The first-order valence-electron chi connectivity index (χ1n) is 12.5. The smallest absolute Gasteiger partial charge is 0.408 e. The summed E-state index contributed by atoms with van der Waals surface area (Å²) in [5.74, 6) is 0.181. The molecular formula is C25H48N2O5. The SMILES string of the molecule is CC[C@H](C)[C@H](NC(=O)OC(C)(C)C)C(=O)N[C@@H](CC1CCCCC1)[C@@H](O)[C@@H](O)CC(C)C. The molecule has 0 aromatic heterocycles. The lowest BCUT2D eigenvalue weighted by molar-refractivity contribution is -0.127. The largest absolute Gasteiger partial charge is 0.444 e. The minimum atomic E-state index is -1.05. The molecule has 0 radical (unpaired) electrons. The fourth-order valence-electron chi connectivity index (χ4n) is 4.37. The molecule has 0 aliphatic heterocycles.